The van der Waals surface area contributed by atoms with E-state index >= 15 is 4.39 Å². The smallest absolute Gasteiger partial charge is 0.216 e. The Kier molecular flexibility index (Phi) is 4.42. The summed E-state index contributed by atoms with van der Waals surface area (Å²) in [5.41, 5.74) is 6.10. The fourth-order valence-electron chi connectivity index (χ4n) is 5.57. The van der Waals surface area contributed by atoms with Gasteiger partial charge in [-0.3, -0.25) is 0 Å². The molecule has 2 aromatic heterocycles. The van der Waals surface area contributed by atoms with Crippen molar-refractivity contribution in [2.24, 2.45) is 7.05 Å². The summed E-state index contributed by atoms with van der Waals surface area (Å²) in [7, 11) is 1.82. The summed E-state index contributed by atoms with van der Waals surface area (Å²) in [6.45, 7) is -0.211. The minimum atomic E-state index is -2.20. The molecule has 35 heavy (non-hydrogen) atoms. The molecule has 0 atom stereocenters. The van der Waals surface area contributed by atoms with Gasteiger partial charge in [-0.2, -0.15) is 0 Å². The summed E-state index contributed by atoms with van der Waals surface area (Å²) in [6, 6.07) is 18.4. The van der Waals surface area contributed by atoms with Gasteiger partial charge in [0.1, 0.15) is 24.0 Å². The Bertz CT molecular complexity index is 1710. The van der Waals surface area contributed by atoms with Crippen LogP contribution in [-0.4, -0.2) is 0 Å². The number of aryl methyl sites for hydroxylation is 3. The normalized spacial score (nSPS) is 17.7. The van der Waals surface area contributed by atoms with E-state index in [9.17, 15) is 0 Å². The van der Waals surface area contributed by atoms with Gasteiger partial charge in [-0.15, -0.1) is 0 Å². The maximum absolute atomic E-state index is 15.4. The second-order valence-electron chi connectivity index (χ2n) is 9.69. The van der Waals surface area contributed by atoms with Crippen molar-refractivity contribution in [3.63, 3.8) is 0 Å². The Balaban J connectivity index is 1.52. The molecule has 1 aliphatic rings. The number of benzene rings is 3. The molecular weight excluding hydrogens is 433 g/mol. The van der Waals surface area contributed by atoms with Gasteiger partial charge in [-0.25, -0.2) is 8.96 Å². The van der Waals surface area contributed by atoms with E-state index in [4.69, 9.17) is 9.90 Å². The lowest BCUT2D eigenvalue weighted by Crippen LogP contribution is -2.31. The topological polar surface area (TPSA) is 17.0 Å². The van der Waals surface area contributed by atoms with Gasteiger partial charge in [-0.1, -0.05) is 55.7 Å². The van der Waals surface area contributed by atoms with Crippen molar-refractivity contribution < 1.29 is 18.9 Å². The van der Waals surface area contributed by atoms with Gasteiger partial charge >= 0.3 is 0 Å². The summed E-state index contributed by atoms with van der Waals surface area (Å²) < 4.78 is 55.9. The standard InChI is InChI=1S/C32H31FNO/c1-20-9-18-28(34(3)19-20)29-21(2)10-15-25-26-16-17-27(33)30(32(26)35-31(25)29)24-13-11-23(12-14-24)22-7-5-4-6-8-22/h9-19,22H,4-8H2,1-3H3/q+1/i1D3,22D. The number of furan rings is 1. The molecule has 5 aromatic rings. The number of halogens is 1. The van der Waals surface area contributed by atoms with E-state index in [0.29, 0.717) is 22.3 Å². The van der Waals surface area contributed by atoms with Crippen LogP contribution in [0, 0.1) is 19.6 Å². The number of rotatable bonds is 3. The summed E-state index contributed by atoms with van der Waals surface area (Å²) in [6.07, 6.45) is 6.65. The van der Waals surface area contributed by atoms with E-state index < -0.39 is 12.7 Å². The third kappa shape index (κ3) is 3.74. The van der Waals surface area contributed by atoms with Gasteiger partial charge in [0.15, 0.2) is 6.20 Å². The average molecular weight is 469 g/mol. The van der Waals surface area contributed by atoms with Crippen LogP contribution in [0.2, 0.25) is 0 Å². The summed E-state index contributed by atoms with van der Waals surface area (Å²) in [4.78, 5) is 0. The quantitative estimate of drug-likeness (QED) is 0.242. The van der Waals surface area contributed by atoms with Crippen molar-refractivity contribution in [1.29, 1.82) is 0 Å². The van der Waals surface area contributed by atoms with Gasteiger partial charge in [-0.05, 0) is 67.4 Å². The fourth-order valence-corrected chi connectivity index (χ4v) is 5.57. The van der Waals surface area contributed by atoms with Crippen molar-refractivity contribution in [1.82, 2.24) is 0 Å². The zero-order valence-corrected chi connectivity index (χ0v) is 20.1. The number of nitrogens with zero attached hydrogens (tertiary/aromatic N) is 1. The summed E-state index contributed by atoms with van der Waals surface area (Å²) >= 11 is 0. The highest BCUT2D eigenvalue weighted by Gasteiger charge is 2.23. The highest BCUT2D eigenvalue weighted by atomic mass is 19.1. The van der Waals surface area contributed by atoms with Crippen molar-refractivity contribution >= 4 is 21.9 Å². The summed E-state index contributed by atoms with van der Waals surface area (Å²) in [5.74, 6) is -0.934. The molecule has 2 nitrogen and oxygen atoms in total. The van der Waals surface area contributed by atoms with Crippen LogP contribution in [0.25, 0.3) is 44.3 Å². The second kappa shape index (κ2) is 8.64. The summed E-state index contributed by atoms with van der Waals surface area (Å²) in [5, 5.41) is 1.69. The Morgan fingerprint density at radius 3 is 2.31 bits per heavy atom. The molecule has 6 rings (SSSR count). The van der Waals surface area contributed by atoms with Crippen molar-refractivity contribution in [2.45, 2.75) is 51.8 Å². The zero-order chi connectivity index (χ0) is 27.5. The molecule has 0 bridgehead atoms. The third-order valence-electron chi connectivity index (χ3n) is 7.40. The largest absolute Gasteiger partial charge is 0.454 e. The van der Waals surface area contributed by atoms with Crippen LogP contribution in [0.4, 0.5) is 4.39 Å². The van der Waals surface area contributed by atoms with E-state index in [1.54, 1.807) is 29.0 Å². The van der Waals surface area contributed by atoms with Crippen molar-refractivity contribution in [3.8, 4) is 22.4 Å². The van der Waals surface area contributed by atoms with Gasteiger partial charge < -0.3 is 4.42 Å². The van der Waals surface area contributed by atoms with Gasteiger partial charge in [0.25, 0.3) is 0 Å². The van der Waals surface area contributed by atoms with E-state index in [2.05, 4.69) is 0 Å². The highest BCUT2D eigenvalue weighted by molar-refractivity contribution is 6.13. The molecule has 1 fully saturated rings. The molecule has 0 N–H and O–H groups in total. The molecule has 0 amide bonds. The van der Waals surface area contributed by atoms with E-state index in [1.807, 2.05) is 50.4 Å². The van der Waals surface area contributed by atoms with E-state index in [0.717, 1.165) is 58.8 Å². The van der Waals surface area contributed by atoms with Crippen LogP contribution in [0.5, 0.6) is 0 Å². The lowest BCUT2D eigenvalue weighted by atomic mass is 9.83. The molecule has 3 heteroatoms. The molecule has 1 aliphatic carbocycles. The number of hydrogen-bond acceptors (Lipinski definition) is 1. The Labute approximate surface area is 211 Å². The van der Waals surface area contributed by atoms with E-state index in [1.165, 1.54) is 12.5 Å². The molecule has 0 spiro atoms. The Morgan fingerprint density at radius 1 is 0.886 bits per heavy atom. The monoisotopic (exact) mass is 468 g/mol. The lowest BCUT2D eigenvalue weighted by molar-refractivity contribution is -0.660. The molecular formula is C32H31FNO+. The maximum Gasteiger partial charge on any atom is 0.216 e. The van der Waals surface area contributed by atoms with Gasteiger partial charge in [0, 0.05) is 27.9 Å². The zero-order valence-electron chi connectivity index (χ0n) is 24.1. The second-order valence-corrected chi connectivity index (χ2v) is 9.69. The molecule has 0 radical (unpaired) electrons. The SMILES string of the molecule is [2H]C([2H])([2H])c1ccc(-c2c(C)ccc3c2oc2c(-c4ccc(C5([2H])CCCCC5)cc4)c(F)ccc23)[n+](C)c1. The lowest BCUT2D eigenvalue weighted by Gasteiger charge is -2.22. The number of pyridine rings is 1. The molecule has 3 aromatic carbocycles. The Hall–Kier alpha value is -3.46. The minimum Gasteiger partial charge on any atom is -0.454 e. The van der Waals surface area contributed by atoms with Crippen LogP contribution in [0.15, 0.2) is 71.3 Å². The minimum absolute atomic E-state index is 0.263. The third-order valence-corrected chi connectivity index (χ3v) is 7.40. The molecule has 0 unspecified atom stereocenters. The molecule has 176 valence electrons. The first-order valence-corrected chi connectivity index (χ1v) is 12.3. The first-order valence-electron chi connectivity index (χ1n) is 14.3. The Morgan fingerprint density at radius 2 is 1.60 bits per heavy atom. The number of aromatic nitrogens is 1. The van der Waals surface area contributed by atoms with Crippen LogP contribution >= 0.6 is 0 Å². The molecule has 2 heterocycles. The fraction of sp³-hybridized carbons (Fsp3) is 0.281. The highest BCUT2D eigenvalue weighted by Crippen LogP contribution is 2.42. The van der Waals surface area contributed by atoms with Crippen molar-refractivity contribution in [3.05, 3.63) is 89.4 Å². The number of hydrogen-bond donors (Lipinski definition) is 0. The van der Waals surface area contributed by atoms with Crippen LogP contribution in [0.3, 0.4) is 0 Å². The van der Waals surface area contributed by atoms with Gasteiger partial charge in [0.05, 0.1) is 11.1 Å². The maximum atomic E-state index is 15.4. The van der Waals surface area contributed by atoms with Gasteiger partial charge in [0.2, 0.25) is 5.69 Å². The molecule has 0 saturated heterocycles. The molecule has 1 saturated carbocycles. The average Bonchev–Trinajstić information content (AvgIpc) is 3.27. The number of fused-ring (bicyclic) bond motifs is 3. The van der Waals surface area contributed by atoms with Crippen LogP contribution < -0.4 is 4.57 Å². The van der Waals surface area contributed by atoms with E-state index in [-0.39, 0.29) is 11.4 Å². The predicted molar refractivity (Wildman–Crippen MR) is 141 cm³/mol. The van der Waals surface area contributed by atoms with Crippen molar-refractivity contribution in [2.75, 3.05) is 0 Å². The first-order chi connectivity index (χ1) is 18.6. The van der Waals surface area contributed by atoms with Crippen LogP contribution in [0.1, 0.15) is 60.2 Å². The van der Waals surface area contributed by atoms with Crippen LogP contribution in [-0.2, 0) is 7.05 Å². The first kappa shape index (κ1) is 17.9. The molecule has 0 aliphatic heterocycles. The predicted octanol–water partition coefficient (Wildman–Crippen LogP) is 8.55.